The normalized spacial score (nSPS) is 11.2. The summed E-state index contributed by atoms with van der Waals surface area (Å²) in [6, 6.07) is 1.28. The van der Waals surface area contributed by atoms with E-state index >= 15 is 0 Å². The lowest BCUT2D eigenvalue weighted by Crippen LogP contribution is -2.29. The molecule has 2 rings (SSSR count). The lowest BCUT2D eigenvalue weighted by molar-refractivity contribution is -0.277. The van der Waals surface area contributed by atoms with E-state index in [-0.39, 0.29) is 5.69 Å². The van der Waals surface area contributed by atoms with Crippen LogP contribution in [0.5, 0.6) is 11.8 Å². The van der Waals surface area contributed by atoms with Crippen LogP contribution in [0.1, 0.15) is 20.7 Å². The number of aromatic nitrogens is 2. The summed E-state index contributed by atoms with van der Waals surface area (Å²) in [5.41, 5.74) is 7.14. The molecule has 25 heteroatoms. The molecular weight excluding hydrogens is 655 g/mol. The van der Waals surface area contributed by atoms with Crippen LogP contribution in [0.3, 0.4) is 0 Å². The first-order valence-electron chi connectivity index (χ1n) is 10.6. The fourth-order valence-corrected chi connectivity index (χ4v) is 2.36. The molecule has 0 aliphatic carbocycles. The highest BCUT2D eigenvalue weighted by Gasteiger charge is 2.35. The van der Waals surface area contributed by atoms with Crippen molar-refractivity contribution >= 4 is 46.9 Å². The van der Waals surface area contributed by atoms with E-state index in [1.54, 1.807) is 10.6 Å². The predicted molar refractivity (Wildman–Crippen MR) is 121 cm³/mol. The molecule has 0 fully saturated rings. The number of alkyl halides is 9. The van der Waals surface area contributed by atoms with E-state index in [4.69, 9.17) is 16.6 Å². The zero-order chi connectivity index (χ0) is 34.9. The highest BCUT2D eigenvalue weighted by Crippen LogP contribution is 2.27. The summed E-state index contributed by atoms with van der Waals surface area (Å²) in [5, 5.41) is 11.8. The van der Waals surface area contributed by atoms with E-state index in [1.165, 1.54) is 0 Å². The quantitative estimate of drug-likeness (QED) is 0.159. The average Bonchev–Trinajstić information content (AvgIpc) is 2.86. The number of carbonyl (C=O) groups is 6. The Morgan fingerprint density at radius 2 is 1.09 bits per heavy atom. The van der Waals surface area contributed by atoms with Crippen molar-refractivity contribution in [3.05, 3.63) is 35.7 Å². The number of carbonyl (C=O) groups excluding carboxylic acids is 5. The number of nitrogens with zero attached hydrogens (tertiary/aromatic N) is 2. The number of hydrogen-bond donors (Lipinski definition) is 5. The SMILES string of the molecule is NC(=O)c1cc(NC(=O)C(=O)O)cnc1OC(F)(F)F.NC(=O)c1cc(NC(=O)C(=O)OCC(F)(F)F)cnc1OC(F)(F)F. The minimum Gasteiger partial charge on any atom is -0.474 e. The Hall–Kier alpha value is -5.91. The molecular formula is C20H13F9N6O10. The number of amides is 4. The molecule has 16 nitrogen and oxygen atoms in total. The van der Waals surface area contributed by atoms with Crippen molar-refractivity contribution in [1.29, 1.82) is 0 Å². The Bertz CT molecular complexity index is 1480. The summed E-state index contributed by atoms with van der Waals surface area (Å²) in [5.74, 6) is -12.0. The van der Waals surface area contributed by atoms with Crippen LogP contribution in [0.2, 0.25) is 0 Å². The van der Waals surface area contributed by atoms with E-state index in [2.05, 4.69) is 24.2 Å². The maximum absolute atomic E-state index is 12.1. The second-order valence-electron chi connectivity index (χ2n) is 7.38. The maximum atomic E-state index is 12.1. The number of esters is 1. The fourth-order valence-electron chi connectivity index (χ4n) is 2.36. The van der Waals surface area contributed by atoms with E-state index in [1.807, 2.05) is 0 Å². The molecule has 4 amide bonds. The highest BCUT2D eigenvalue weighted by atomic mass is 19.4. The summed E-state index contributed by atoms with van der Waals surface area (Å²) in [4.78, 5) is 71.8. The standard InChI is InChI=1S/C11H7F6N3O5.C9H6F3N3O5/c12-10(13,14)3-24-9(23)7(22)20-4-1-5(6(18)21)8(19-2-4)25-11(15,16)17;10-9(11,12)20-7-4(5(13)16)1-3(2-14-7)15-6(17)8(18)19/h1-2H,3H2,(H2,18,21)(H,20,22);1-2H,(H2,13,16)(H,15,17)(H,18,19). The number of primary amides is 2. The van der Waals surface area contributed by atoms with Crippen LogP contribution >= 0.6 is 0 Å². The molecule has 0 atom stereocenters. The lowest BCUT2D eigenvalue weighted by Gasteiger charge is -2.12. The Labute approximate surface area is 240 Å². The number of pyridine rings is 2. The van der Waals surface area contributed by atoms with Gasteiger partial charge < -0.3 is 41.4 Å². The van der Waals surface area contributed by atoms with Crippen LogP contribution in [0, 0.1) is 0 Å². The molecule has 7 N–H and O–H groups in total. The van der Waals surface area contributed by atoms with Crippen molar-refractivity contribution < 1.29 is 87.6 Å². The minimum atomic E-state index is -5.19. The third-order valence-electron chi connectivity index (χ3n) is 3.92. The second-order valence-corrected chi connectivity index (χ2v) is 7.38. The van der Waals surface area contributed by atoms with Gasteiger partial charge in [0, 0.05) is 0 Å². The van der Waals surface area contributed by atoms with Gasteiger partial charge in [0.2, 0.25) is 11.8 Å². The summed E-state index contributed by atoms with van der Waals surface area (Å²) in [7, 11) is 0. The fraction of sp³-hybridized carbons (Fsp3) is 0.200. The van der Waals surface area contributed by atoms with Gasteiger partial charge in [-0.25, -0.2) is 19.6 Å². The largest absolute Gasteiger partial charge is 0.574 e. The van der Waals surface area contributed by atoms with Crippen molar-refractivity contribution in [1.82, 2.24) is 9.97 Å². The molecule has 0 aliphatic rings. The first-order chi connectivity index (χ1) is 20.4. The molecule has 2 heterocycles. The van der Waals surface area contributed by atoms with Crippen molar-refractivity contribution in [2.45, 2.75) is 18.9 Å². The van der Waals surface area contributed by atoms with Gasteiger partial charge in [-0.05, 0) is 12.1 Å². The molecule has 0 spiro atoms. The van der Waals surface area contributed by atoms with Gasteiger partial charge in [-0.1, -0.05) is 0 Å². The number of aliphatic carboxylic acids is 1. The molecule has 0 aliphatic heterocycles. The Kier molecular flexibility index (Phi) is 12.0. The van der Waals surface area contributed by atoms with Crippen molar-refractivity contribution in [2.75, 3.05) is 17.2 Å². The molecule has 246 valence electrons. The second kappa shape index (κ2) is 14.5. The van der Waals surface area contributed by atoms with Crippen molar-refractivity contribution in [2.24, 2.45) is 11.5 Å². The van der Waals surface area contributed by atoms with E-state index in [0.717, 1.165) is 0 Å². The van der Waals surface area contributed by atoms with Crippen molar-refractivity contribution in [3.8, 4) is 11.8 Å². The zero-order valence-corrected chi connectivity index (χ0v) is 21.1. The van der Waals surface area contributed by atoms with Gasteiger partial charge in [0.1, 0.15) is 11.1 Å². The minimum absolute atomic E-state index is 0.333. The third-order valence-corrected chi connectivity index (χ3v) is 3.92. The molecule has 0 saturated heterocycles. The Morgan fingerprint density at radius 1 is 0.711 bits per heavy atom. The molecule has 2 aromatic rings. The van der Waals surface area contributed by atoms with Crippen LogP contribution in [0.15, 0.2) is 24.5 Å². The first-order valence-corrected chi connectivity index (χ1v) is 10.6. The number of halogens is 9. The van der Waals surface area contributed by atoms with Gasteiger partial charge in [0.05, 0.1) is 23.8 Å². The number of hydrogen-bond acceptors (Lipinski definition) is 11. The molecule has 0 bridgehead atoms. The van der Waals surface area contributed by atoms with E-state index < -0.39 is 89.6 Å². The molecule has 0 unspecified atom stereocenters. The number of nitrogens with two attached hydrogens (primary N) is 2. The third kappa shape index (κ3) is 13.7. The summed E-state index contributed by atoms with van der Waals surface area (Å²) < 4.78 is 119. The van der Waals surface area contributed by atoms with Gasteiger partial charge in [0.15, 0.2) is 6.61 Å². The monoisotopic (exact) mass is 668 g/mol. The Balaban J connectivity index is 0.000000461. The smallest absolute Gasteiger partial charge is 0.474 e. The van der Waals surface area contributed by atoms with Gasteiger partial charge in [-0.15, -0.1) is 26.3 Å². The summed E-state index contributed by atoms with van der Waals surface area (Å²) in [6.07, 6.45) is -13.9. The molecule has 0 radical (unpaired) electrons. The maximum Gasteiger partial charge on any atom is 0.574 e. The number of carboxylic acid groups (broad SMARTS) is 1. The summed E-state index contributed by atoms with van der Waals surface area (Å²) >= 11 is 0. The van der Waals surface area contributed by atoms with Gasteiger partial charge >= 0.3 is 42.7 Å². The van der Waals surface area contributed by atoms with Crippen LogP contribution in [0.25, 0.3) is 0 Å². The highest BCUT2D eigenvalue weighted by molar-refractivity contribution is 6.37. The van der Waals surface area contributed by atoms with Gasteiger partial charge in [-0.2, -0.15) is 13.2 Å². The van der Waals surface area contributed by atoms with Gasteiger partial charge in [-0.3, -0.25) is 19.2 Å². The van der Waals surface area contributed by atoms with Crippen LogP contribution in [-0.2, 0) is 23.9 Å². The topological polar surface area (TPSA) is 252 Å². The average molecular weight is 668 g/mol. The molecule has 45 heavy (non-hydrogen) atoms. The van der Waals surface area contributed by atoms with Crippen LogP contribution in [-0.4, -0.2) is 76.1 Å². The Morgan fingerprint density at radius 3 is 1.40 bits per heavy atom. The molecule has 2 aromatic heterocycles. The lowest BCUT2D eigenvalue weighted by atomic mass is 10.2. The number of ether oxygens (including phenoxy) is 3. The predicted octanol–water partition coefficient (Wildman–Crippen LogP) is 1.23. The number of carboxylic acids is 1. The molecule has 0 saturated carbocycles. The van der Waals surface area contributed by atoms with Crippen molar-refractivity contribution in [3.63, 3.8) is 0 Å². The summed E-state index contributed by atoms with van der Waals surface area (Å²) in [6.45, 7) is -2.03. The first kappa shape index (κ1) is 37.1. The van der Waals surface area contributed by atoms with E-state index in [0.29, 0.717) is 24.5 Å². The number of anilines is 2. The number of nitrogens with one attached hydrogen (secondary N) is 2. The number of rotatable bonds is 7. The van der Waals surface area contributed by atoms with Crippen LogP contribution < -0.4 is 31.6 Å². The van der Waals surface area contributed by atoms with Gasteiger partial charge in [0.25, 0.3) is 11.8 Å². The van der Waals surface area contributed by atoms with Crippen LogP contribution in [0.4, 0.5) is 50.9 Å². The molecule has 0 aromatic carbocycles. The van der Waals surface area contributed by atoms with E-state index in [9.17, 15) is 68.3 Å². The zero-order valence-electron chi connectivity index (χ0n) is 21.1.